The summed E-state index contributed by atoms with van der Waals surface area (Å²) < 4.78 is 0. The van der Waals surface area contributed by atoms with Gasteiger partial charge in [0.15, 0.2) is 0 Å². The quantitative estimate of drug-likeness (QED) is 0.481. The lowest BCUT2D eigenvalue weighted by molar-refractivity contribution is -0.385. The van der Waals surface area contributed by atoms with Crippen LogP contribution in [-0.2, 0) is 9.59 Å². The molecule has 0 radical (unpaired) electrons. The molecule has 4 rings (SSSR count). The summed E-state index contributed by atoms with van der Waals surface area (Å²) in [4.78, 5) is 53.6. The topological polar surface area (TPSA) is 128 Å². The van der Waals surface area contributed by atoms with Crippen molar-refractivity contribution in [2.24, 2.45) is 5.92 Å². The molecule has 3 fully saturated rings. The summed E-state index contributed by atoms with van der Waals surface area (Å²) in [6.45, 7) is 1.50. The standard InChI is InChI=1S/C21H28N6O5S/c1-24-18-16(20(29)25(2)21(24)30)19(33-12-15(28)26-9-4-3-5-10-26)23-17(22-18)13-7-6-8-14(11-13)27(31)32/h6-8,11,16-19,22-23H,3-5,9-10,12H2,1-2H3. The van der Waals surface area contributed by atoms with Gasteiger partial charge in [-0.25, -0.2) is 4.79 Å². The zero-order valence-corrected chi connectivity index (χ0v) is 19.4. The minimum atomic E-state index is -0.619. The van der Waals surface area contributed by atoms with Crippen LogP contribution < -0.4 is 10.6 Å². The molecule has 33 heavy (non-hydrogen) atoms. The second-order valence-electron chi connectivity index (χ2n) is 8.55. The lowest BCUT2D eigenvalue weighted by Crippen LogP contribution is -2.72. The van der Waals surface area contributed by atoms with Crippen LogP contribution in [0.15, 0.2) is 24.3 Å². The van der Waals surface area contributed by atoms with Gasteiger partial charge in [-0.2, -0.15) is 0 Å². The average Bonchev–Trinajstić information content (AvgIpc) is 2.84. The fraction of sp³-hybridized carbons (Fsp3) is 0.571. The number of thioether (sulfide) groups is 1. The molecular weight excluding hydrogens is 448 g/mol. The number of nitro groups is 1. The summed E-state index contributed by atoms with van der Waals surface area (Å²) in [6, 6.07) is 5.79. The zero-order valence-electron chi connectivity index (χ0n) is 18.6. The fourth-order valence-corrected chi connectivity index (χ4v) is 5.81. The van der Waals surface area contributed by atoms with E-state index in [-0.39, 0.29) is 23.3 Å². The number of nitrogens with one attached hydrogen (secondary N) is 2. The highest BCUT2D eigenvalue weighted by molar-refractivity contribution is 8.00. The van der Waals surface area contributed by atoms with Crippen molar-refractivity contribution in [1.29, 1.82) is 0 Å². The second-order valence-corrected chi connectivity index (χ2v) is 9.68. The van der Waals surface area contributed by atoms with E-state index >= 15 is 0 Å². The molecular formula is C21H28N6O5S. The Labute approximate surface area is 196 Å². The van der Waals surface area contributed by atoms with Gasteiger partial charge >= 0.3 is 6.03 Å². The van der Waals surface area contributed by atoms with Gasteiger partial charge in [0.25, 0.3) is 5.69 Å². The number of non-ortho nitro benzene ring substituents is 1. The first-order valence-electron chi connectivity index (χ1n) is 11.0. The van der Waals surface area contributed by atoms with E-state index in [2.05, 4.69) is 10.6 Å². The van der Waals surface area contributed by atoms with Crippen LogP contribution in [0, 0.1) is 16.0 Å². The van der Waals surface area contributed by atoms with Crippen molar-refractivity contribution in [3.8, 4) is 0 Å². The molecule has 4 unspecified atom stereocenters. The summed E-state index contributed by atoms with van der Waals surface area (Å²) in [5, 5.41) is 17.4. The number of imide groups is 1. The van der Waals surface area contributed by atoms with Crippen LogP contribution in [0.3, 0.4) is 0 Å². The van der Waals surface area contributed by atoms with Gasteiger partial charge in [-0.05, 0) is 24.8 Å². The number of carbonyl (C=O) groups excluding carboxylic acids is 3. The number of carbonyl (C=O) groups is 3. The van der Waals surface area contributed by atoms with E-state index in [1.165, 1.54) is 35.8 Å². The Balaban J connectivity index is 1.58. The van der Waals surface area contributed by atoms with Crippen molar-refractivity contribution < 1.29 is 19.3 Å². The van der Waals surface area contributed by atoms with E-state index in [4.69, 9.17) is 0 Å². The number of nitro benzene ring substituents is 1. The molecule has 4 atom stereocenters. The largest absolute Gasteiger partial charge is 0.342 e. The zero-order chi connectivity index (χ0) is 23.7. The normalized spacial score (nSPS) is 28.0. The van der Waals surface area contributed by atoms with Crippen LogP contribution in [0.5, 0.6) is 0 Å². The van der Waals surface area contributed by atoms with Crippen LogP contribution in [0.2, 0.25) is 0 Å². The Morgan fingerprint density at radius 1 is 1.18 bits per heavy atom. The van der Waals surface area contributed by atoms with E-state index in [1.807, 2.05) is 4.90 Å². The van der Waals surface area contributed by atoms with Crippen molar-refractivity contribution >= 4 is 35.3 Å². The van der Waals surface area contributed by atoms with E-state index in [1.54, 1.807) is 19.2 Å². The third kappa shape index (κ3) is 4.68. The minimum absolute atomic E-state index is 0.0320. The number of nitrogens with zero attached hydrogens (tertiary/aromatic N) is 4. The molecule has 3 saturated heterocycles. The monoisotopic (exact) mass is 476 g/mol. The molecule has 2 N–H and O–H groups in total. The molecule has 3 aliphatic heterocycles. The molecule has 0 aromatic heterocycles. The van der Waals surface area contributed by atoms with Gasteiger partial charge in [0, 0.05) is 39.3 Å². The average molecular weight is 477 g/mol. The van der Waals surface area contributed by atoms with Gasteiger partial charge in [0.05, 0.1) is 34.3 Å². The van der Waals surface area contributed by atoms with E-state index in [9.17, 15) is 24.5 Å². The molecule has 178 valence electrons. The molecule has 0 aliphatic carbocycles. The van der Waals surface area contributed by atoms with Crippen LogP contribution >= 0.6 is 11.8 Å². The van der Waals surface area contributed by atoms with Gasteiger partial charge in [0.1, 0.15) is 0 Å². The molecule has 11 nitrogen and oxygen atoms in total. The summed E-state index contributed by atoms with van der Waals surface area (Å²) in [5.74, 6) is -0.711. The number of urea groups is 1. The highest BCUT2D eigenvalue weighted by atomic mass is 32.2. The fourth-order valence-electron chi connectivity index (χ4n) is 4.60. The van der Waals surface area contributed by atoms with Crippen LogP contribution in [0.4, 0.5) is 10.5 Å². The molecule has 3 heterocycles. The van der Waals surface area contributed by atoms with E-state index < -0.39 is 34.6 Å². The molecule has 1 aromatic carbocycles. The van der Waals surface area contributed by atoms with E-state index in [0.29, 0.717) is 5.56 Å². The molecule has 0 bridgehead atoms. The van der Waals surface area contributed by atoms with Crippen molar-refractivity contribution in [2.45, 2.75) is 37.0 Å². The Bertz CT molecular complexity index is 955. The number of benzene rings is 1. The molecule has 0 spiro atoms. The highest BCUT2D eigenvalue weighted by Crippen LogP contribution is 2.35. The number of hydrogen-bond donors (Lipinski definition) is 2. The maximum Gasteiger partial charge on any atom is 0.327 e. The van der Waals surface area contributed by atoms with Crippen LogP contribution in [0.1, 0.15) is 31.0 Å². The lowest BCUT2D eigenvalue weighted by atomic mass is 9.96. The Hall–Kier alpha value is -2.70. The summed E-state index contributed by atoms with van der Waals surface area (Å²) in [5.41, 5.74) is 0.564. The van der Waals surface area contributed by atoms with Crippen LogP contribution in [0.25, 0.3) is 0 Å². The lowest BCUT2D eigenvalue weighted by Gasteiger charge is -2.50. The maximum atomic E-state index is 13.1. The van der Waals surface area contributed by atoms with E-state index in [0.717, 1.165) is 37.3 Å². The highest BCUT2D eigenvalue weighted by Gasteiger charge is 2.51. The smallest absolute Gasteiger partial charge is 0.327 e. The molecule has 4 amide bonds. The summed E-state index contributed by atoms with van der Waals surface area (Å²) in [6.07, 6.45) is 1.97. The number of rotatable bonds is 5. The summed E-state index contributed by atoms with van der Waals surface area (Å²) >= 11 is 1.34. The SMILES string of the molecule is CN1C(=O)C2C(SCC(=O)N3CCCCC3)NC(c3cccc([N+](=O)[O-])c3)NC2N(C)C1=O. The Kier molecular flexibility index (Phi) is 6.86. The first-order chi connectivity index (χ1) is 15.8. The summed E-state index contributed by atoms with van der Waals surface area (Å²) in [7, 11) is 3.07. The van der Waals surface area contributed by atoms with Crippen molar-refractivity contribution in [3.05, 3.63) is 39.9 Å². The molecule has 1 aromatic rings. The van der Waals surface area contributed by atoms with Crippen molar-refractivity contribution in [1.82, 2.24) is 25.3 Å². The molecule has 3 aliphatic rings. The number of likely N-dealkylation sites (tertiary alicyclic amines) is 1. The third-order valence-electron chi connectivity index (χ3n) is 6.47. The number of amides is 4. The van der Waals surface area contributed by atoms with Gasteiger partial charge in [0.2, 0.25) is 11.8 Å². The van der Waals surface area contributed by atoms with Crippen molar-refractivity contribution in [3.63, 3.8) is 0 Å². The predicted molar refractivity (Wildman–Crippen MR) is 122 cm³/mol. The Morgan fingerprint density at radius 2 is 1.91 bits per heavy atom. The van der Waals surface area contributed by atoms with Crippen molar-refractivity contribution in [2.75, 3.05) is 32.9 Å². The van der Waals surface area contributed by atoms with Crippen LogP contribution in [-0.4, -0.2) is 81.9 Å². The molecule has 12 heteroatoms. The first-order valence-corrected chi connectivity index (χ1v) is 12.0. The first kappa shape index (κ1) is 23.5. The minimum Gasteiger partial charge on any atom is -0.342 e. The Morgan fingerprint density at radius 3 is 2.61 bits per heavy atom. The number of piperidine rings is 1. The van der Waals surface area contributed by atoms with Gasteiger partial charge in [-0.15, -0.1) is 11.8 Å². The predicted octanol–water partition coefficient (Wildman–Crippen LogP) is 1.32. The van der Waals surface area contributed by atoms with Gasteiger partial charge in [-0.1, -0.05) is 12.1 Å². The third-order valence-corrected chi connectivity index (χ3v) is 7.67. The van der Waals surface area contributed by atoms with Gasteiger partial charge in [-0.3, -0.25) is 35.2 Å². The molecule has 0 saturated carbocycles. The maximum absolute atomic E-state index is 13.1. The number of hydrogen-bond acceptors (Lipinski definition) is 8. The van der Waals surface area contributed by atoms with Gasteiger partial charge < -0.3 is 9.80 Å². The number of fused-ring (bicyclic) bond motifs is 1. The second kappa shape index (κ2) is 9.65.